The summed E-state index contributed by atoms with van der Waals surface area (Å²) in [5.41, 5.74) is 7.38. The summed E-state index contributed by atoms with van der Waals surface area (Å²) in [6.07, 6.45) is 0. The van der Waals surface area contributed by atoms with Crippen LogP contribution >= 0.6 is 23.2 Å². The second-order valence-corrected chi connectivity index (χ2v) is 10.1. The van der Waals surface area contributed by atoms with Crippen molar-refractivity contribution in [3.8, 4) is 0 Å². The Kier molecular flexibility index (Phi) is 7.76. The molecule has 0 heterocycles. The summed E-state index contributed by atoms with van der Waals surface area (Å²) in [6, 6.07) is 17.1. The lowest BCUT2D eigenvalue weighted by Crippen LogP contribution is -2.37. The van der Waals surface area contributed by atoms with E-state index in [1.807, 2.05) is 6.92 Å². The van der Waals surface area contributed by atoms with Gasteiger partial charge in [-0.25, -0.2) is 8.42 Å². The molecule has 0 aliphatic rings. The van der Waals surface area contributed by atoms with Crippen molar-refractivity contribution in [1.82, 2.24) is 4.31 Å². The van der Waals surface area contributed by atoms with E-state index in [0.29, 0.717) is 16.3 Å². The predicted molar refractivity (Wildman–Crippen MR) is 129 cm³/mol. The lowest BCUT2D eigenvalue weighted by Gasteiger charge is -2.22. The summed E-state index contributed by atoms with van der Waals surface area (Å²) >= 11 is 12.0. The zero-order valence-electron chi connectivity index (χ0n) is 17.6. The first kappa shape index (κ1) is 24.7. The van der Waals surface area contributed by atoms with Crippen LogP contribution in [0.3, 0.4) is 0 Å². The number of halogens is 2. The molecule has 2 amide bonds. The van der Waals surface area contributed by atoms with Crippen LogP contribution in [-0.2, 0) is 21.4 Å². The molecule has 0 fully saturated rings. The van der Waals surface area contributed by atoms with E-state index >= 15 is 0 Å². The summed E-state index contributed by atoms with van der Waals surface area (Å²) in [5, 5.41) is 3.25. The zero-order valence-corrected chi connectivity index (χ0v) is 19.9. The average Bonchev–Trinajstić information content (AvgIpc) is 2.76. The van der Waals surface area contributed by atoms with Crippen molar-refractivity contribution in [3.05, 3.63) is 93.5 Å². The number of hydrogen-bond donors (Lipinski definition) is 2. The summed E-state index contributed by atoms with van der Waals surface area (Å²) in [7, 11) is -4.01. The molecule has 10 heteroatoms. The minimum Gasteiger partial charge on any atom is -0.366 e. The molecule has 33 heavy (non-hydrogen) atoms. The quantitative estimate of drug-likeness (QED) is 0.477. The fraction of sp³-hybridized carbons (Fsp3) is 0.130. The van der Waals surface area contributed by atoms with Crippen molar-refractivity contribution >= 4 is 50.7 Å². The highest BCUT2D eigenvalue weighted by molar-refractivity contribution is 7.89. The summed E-state index contributed by atoms with van der Waals surface area (Å²) in [6.45, 7) is 1.30. The maximum atomic E-state index is 13.3. The third-order valence-corrected chi connectivity index (χ3v) is 7.32. The molecule has 7 nitrogen and oxygen atoms in total. The minimum absolute atomic E-state index is 0.0618. The molecule has 0 aliphatic carbocycles. The molecule has 0 aromatic heterocycles. The van der Waals surface area contributed by atoms with Gasteiger partial charge in [-0.15, -0.1) is 0 Å². The molecule has 3 aromatic rings. The van der Waals surface area contributed by atoms with Gasteiger partial charge in [-0.3, -0.25) is 9.59 Å². The van der Waals surface area contributed by atoms with Crippen molar-refractivity contribution < 1.29 is 18.0 Å². The van der Waals surface area contributed by atoms with Gasteiger partial charge in [-0.05, 0) is 61.0 Å². The zero-order chi connectivity index (χ0) is 24.2. The number of nitrogens with zero attached hydrogens (tertiary/aromatic N) is 1. The number of nitrogens with one attached hydrogen (secondary N) is 1. The Labute approximate surface area is 202 Å². The maximum absolute atomic E-state index is 13.3. The molecular formula is C23H21Cl2N3O4S. The molecule has 0 bridgehead atoms. The van der Waals surface area contributed by atoms with Crippen molar-refractivity contribution in [2.24, 2.45) is 5.73 Å². The van der Waals surface area contributed by atoms with Crippen LogP contribution in [0.5, 0.6) is 0 Å². The van der Waals surface area contributed by atoms with Crippen LogP contribution < -0.4 is 11.1 Å². The monoisotopic (exact) mass is 505 g/mol. The fourth-order valence-electron chi connectivity index (χ4n) is 3.01. The van der Waals surface area contributed by atoms with E-state index in [9.17, 15) is 18.0 Å². The lowest BCUT2D eigenvalue weighted by molar-refractivity contribution is -0.116. The molecule has 0 saturated heterocycles. The molecule has 0 aliphatic heterocycles. The topological polar surface area (TPSA) is 110 Å². The van der Waals surface area contributed by atoms with E-state index in [0.717, 1.165) is 9.87 Å². The van der Waals surface area contributed by atoms with Gasteiger partial charge in [-0.1, -0.05) is 47.0 Å². The number of amides is 2. The van der Waals surface area contributed by atoms with E-state index in [-0.39, 0.29) is 22.0 Å². The second-order valence-electron chi connectivity index (χ2n) is 7.32. The van der Waals surface area contributed by atoms with Crippen LogP contribution in [0.25, 0.3) is 0 Å². The normalized spacial score (nSPS) is 11.4. The number of sulfonamides is 1. The van der Waals surface area contributed by atoms with Gasteiger partial charge in [0.25, 0.3) is 0 Å². The fourth-order valence-corrected chi connectivity index (χ4v) is 4.71. The average molecular weight is 506 g/mol. The molecule has 0 saturated carbocycles. The number of carbonyl (C=O) groups excluding carboxylic acids is 2. The molecule has 3 N–H and O–H groups in total. The number of nitrogens with two attached hydrogens (primary N) is 1. The van der Waals surface area contributed by atoms with Crippen LogP contribution in [0, 0.1) is 6.92 Å². The Morgan fingerprint density at radius 1 is 0.939 bits per heavy atom. The number of benzene rings is 3. The number of aryl methyl sites for hydroxylation is 1. The maximum Gasteiger partial charge on any atom is 0.248 e. The Hall–Kier alpha value is -2.91. The highest BCUT2D eigenvalue weighted by atomic mass is 35.5. The van der Waals surface area contributed by atoms with Crippen molar-refractivity contribution in [2.75, 3.05) is 11.9 Å². The number of anilines is 1. The molecule has 0 atom stereocenters. The Morgan fingerprint density at radius 3 is 2.15 bits per heavy atom. The minimum atomic E-state index is -4.01. The largest absolute Gasteiger partial charge is 0.366 e. The molecular weight excluding hydrogens is 485 g/mol. The van der Waals surface area contributed by atoms with E-state index in [1.165, 1.54) is 36.4 Å². The smallest absolute Gasteiger partial charge is 0.248 e. The number of rotatable bonds is 8. The van der Waals surface area contributed by atoms with Gasteiger partial charge in [0.15, 0.2) is 0 Å². The number of carbonyl (C=O) groups is 2. The number of primary amides is 1. The highest BCUT2D eigenvalue weighted by Crippen LogP contribution is 2.25. The van der Waals surface area contributed by atoms with Gasteiger partial charge in [0.2, 0.25) is 21.8 Å². The van der Waals surface area contributed by atoms with Gasteiger partial charge in [0.05, 0.1) is 21.5 Å². The van der Waals surface area contributed by atoms with Crippen LogP contribution in [0.1, 0.15) is 21.5 Å². The molecule has 3 aromatic carbocycles. The van der Waals surface area contributed by atoms with E-state index in [1.54, 1.807) is 30.3 Å². The SMILES string of the molecule is Cc1ccc(S(=O)(=O)N(CC(=O)Nc2ccc(C(N)=O)cc2)Cc2ccc(Cl)c(Cl)c2)cc1. The van der Waals surface area contributed by atoms with E-state index in [2.05, 4.69) is 5.32 Å². The lowest BCUT2D eigenvalue weighted by atomic mass is 10.2. The van der Waals surface area contributed by atoms with Crippen molar-refractivity contribution in [1.29, 1.82) is 0 Å². The summed E-state index contributed by atoms with van der Waals surface area (Å²) in [5.74, 6) is -1.15. The van der Waals surface area contributed by atoms with E-state index < -0.39 is 28.4 Å². The third-order valence-electron chi connectivity index (χ3n) is 4.77. The molecule has 0 unspecified atom stereocenters. The van der Waals surface area contributed by atoms with Crippen LogP contribution in [0.4, 0.5) is 5.69 Å². The summed E-state index contributed by atoms with van der Waals surface area (Å²) < 4.78 is 27.7. The molecule has 3 rings (SSSR count). The highest BCUT2D eigenvalue weighted by Gasteiger charge is 2.27. The van der Waals surface area contributed by atoms with Crippen LogP contribution in [0.15, 0.2) is 71.6 Å². The predicted octanol–water partition coefficient (Wildman–Crippen LogP) is 4.23. The van der Waals surface area contributed by atoms with Gasteiger partial charge in [-0.2, -0.15) is 4.31 Å². The first-order valence-corrected chi connectivity index (χ1v) is 12.0. The van der Waals surface area contributed by atoms with Crippen molar-refractivity contribution in [2.45, 2.75) is 18.4 Å². The molecule has 0 spiro atoms. The van der Waals surface area contributed by atoms with Gasteiger partial charge in [0.1, 0.15) is 0 Å². The summed E-state index contributed by atoms with van der Waals surface area (Å²) in [4.78, 5) is 24.0. The van der Waals surface area contributed by atoms with Crippen molar-refractivity contribution in [3.63, 3.8) is 0 Å². The first-order chi connectivity index (χ1) is 15.6. The van der Waals surface area contributed by atoms with Gasteiger partial charge in [0, 0.05) is 17.8 Å². The van der Waals surface area contributed by atoms with Crippen LogP contribution in [-0.4, -0.2) is 31.1 Å². The molecule has 172 valence electrons. The number of hydrogen-bond acceptors (Lipinski definition) is 4. The van der Waals surface area contributed by atoms with Crippen LogP contribution in [0.2, 0.25) is 10.0 Å². The Balaban J connectivity index is 1.86. The van der Waals surface area contributed by atoms with E-state index in [4.69, 9.17) is 28.9 Å². The first-order valence-electron chi connectivity index (χ1n) is 9.77. The van der Waals surface area contributed by atoms with Gasteiger partial charge < -0.3 is 11.1 Å². The third kappa shape index (κ3) is 6.33. The van der Waals surface area contributed by atoms with Gasteiger partial charge >= 0.3 is 0 Å². The Bertz CT molecular complexity index is 1280. The molecule has 0 radical (unpaired) electrons. The standard InChI is InChI=1S/C23H21Cl2N3O4S/c1-15-2-9-19(10-3-15)33(31,32)28(13-16-4-11-20(24)21(25)12-16)14-22(29)27-18-7-5-17(6-8-18)23(26)30/h2-12H,13-14H2,1H3,(H2,26,30)(H,27,29). The second kappa shape index (κ2) is 10.4. The Morgan fingerprint density at radius 2 is 1.58 bits per heavy atom.